The standard InChI is InChI=1S/C56H65BN2/c1-52(2,3)37-21-19-36(20-22-37)43-30-25-40(55(10,11)12)34-49(43)59-48-18-16-17-47-51(48)57(44-31-26-41(35-50(44)59)56(13,14)15)45-33-39(54(7,8)9)27-32-46(45)58(47)42-28-23-38(24-29-42)53(4,5)6/h16-35H,1-15H3/i16D. The van der Waals surface area contributed by atoms with Crippen molar-refractivity contribution in [3.05, 3.63) is 149 Å². The molecule has 0 aromatic heterocycles. The molecule has 6 aromatic rings. The van der Waals surface area contributed by atoms with E-state index >= 15 is 0 Å². The smallest absolute Gasteiger partial charge is 0.252 e. The van der Waals surface area contributed by atoms with Crippen LogP contribution < -0.4 is 26.2 Å². The Morgan fingerprint density at radius 3 is 1.36 bits per heavy atom. The molecule has 0 N–H and O–H groups in total. The molecule has 2 aliphatic heterocycles. The normalized spacial score (nSPS) is 14.5. The van der Waals surface area contributed by atoms with Crippen molar-refractivity contribution in [1.29, 1.82) is 0 Å². The topological polar surface area (TPSA) is 6.48 Å². The monoisotopic (exact) mass is 778 g/mol. The Labute approximate surface area is 358 Å². The van der Waals surface area contributed by atoms with Gasteiger partial charge in [0.15, 0.2) is 0 Å². The van der Waals surface area contributed by atoms with Gasteiger partial charge in [0, 0.05) is 34.0 Å². The van der Waals surface area contributed by atoms with E-state index in [1.54, 1.807) is 0 Å². The van der Waals surface area contributed by atoms with E-state index in [9.17, 15) is 1.37 Å². The third-order valence-electron chi connectivity index (χ3n) is 12.8. The largest absolute Gasteiger partial charge is 0.311 e. The van der Waals surface area contributed by atoms with Crippen LogP contribution in [0.1, 0.15) is 133 Å². The van der Waals surface area contributed by atoms with Gasteiger partial charge in [0.1, 0.15) is 0 Å². The summed E-state index contributed by atoms with van der Waals surface area (Å²) in [5.41, 5.74) is 19.4. The van der Waals surface area contributed by atoms with Crippen LogP contribution in [-0.4, -0.2) is 6.71 Å². The quantitative estimate of drug-likeness (QED) is 0.165. The lowest BCUT2D eigenvalue weighted by molar-refractivity contribution is 0.589. The van der Waals surface area contributed by atoms with Crippen LogP contribution in [0.25, 0.3) is 11.1 Å². The third-order valence-corrected chi connectivity index (χ3v) is 12.8. The molecule has 0 unspecified atom stereocenters. The summed E-state index contributed by atoms with van der Waals surface area (Å²) in [5.74, 6) is 0. The molecule has 59 heavy (non-hydrogen) atoms. The van der Waals surface area contributed by atoms with Gasteiger partial charge >= 0.3 is 0 Å². The highest BCUT2D eigenvalue weighted by Gasteiger charge is 2.44. The fourth-order valence-corrected chi connectivity index (χ4v) is 9.02. The highest BCUT2D eigenvalue weighted by Crippen LogP contribution is 2.48. The highest BCUT2D eigenvalue weighted by atomic mass is 15.2. The SMILES string of the molecule is [2H]c1cc2c3c(c1)N(c1cc(C(C)(C)C)ccc1-c1ccc(C(C)(C)C)cc1)c1cc(C(C)(C)C)ccc1B3c1cc(C(C)(C)C)ccc1N2c1ccc(C(C)(C)C)cc1. The Morgan fingerprint density at radius 2 is 0.814 bits per heavy atom. The molecule has 8 rings (SSSR count). The zero-order valence-electron chi connectivity index (χ0n) is 39.4. The minimum Gasteiger partial charge on any atom is -0.311 e. The zero-order chi connectivity index (χ0) is 43.5. The number of hydrogen-bond donors (Lipinski definition) is 0. The number of nitrogens with zero attached hydrogens (tertiary/aromatic N) is 2. The summed E-state index contributed by atoms with van der Waals surface area (Å²) in [6, 6.07) is 44.5. The van der Waals surface area contributed by atoms with Crippen molar-refractivity contribution in [2.75, 3.05) is 9.80 Å². The average molecular weight is 778 g/mol. The Kier molecular flexibility index (Phi) is 9.20. The van der Waals surface area contributed by atoms with Crippen LogP contribution in [0.4, 0.5) is 34.1 Å². The summed E-state index contributed by atoms with van der Waals surface area (Å²) in [4.78, 5) is 4.96. The minimum absolute atomic E-state index is 0.0291. The molecule has 302 valence electrons. The second-order valence-corrected chi connectivity index (χ2v) is 22.4. The molecule has 2 heterocycles. The number of benzene rings is 6. The molecule has 0 bridgehead atoms. The number of fused-ring (bicyclic) bond motifs is 4. The molecular formula is C56H65BN2. The van der Waals surface area contributed by atoms with Crippen LogP contribution in [0.15, 0.2) is 121 Å². The molecule has 0 atom stereocenters. The maximum Gasteiger partial charge on any atom is 0.252 e. The van der Waals surface area contributed by atoms with Crippen LogP contribution in [0.3, 0.4) is 0 Å². The van der Waals surface area contributed by atoms with E-state index in [0.717, 1.165) is 22.7 Å². The highest BCUT2D eigenvalue weighted by molar-refractivity contribution is 7.00. The first-order chi connectivity index (χ1) is 27.8. The van der Waals surface area contributed by atoms with Gasteiger partial charge in [-0.3, -0.25) is 0 Å². The van der Waals surface area contributed by atoms with E-state index in [4.69, 9.17) is 0 Å². The molecular weight excluding hydrogens is 711 g/mol. The second-order valence-electron chi connectivity index (χ2n) is 22.4. The Hall–Kier alpha value is -5.02. The van der Waals surface area contributed by atoms with Gasteiger partial charge in [0.05, 0.1) is 7.06 Å². The van der Waals surface area contributed by atoms with Gasteiger partial charge < -0.3 is 9.80 Å². The Bertz CT molecular complexity index is 2620. The molecule has 0 amide bonds. The fraction of sp³-hybridized carbons (Fsp3) is 0.357. The third kappa shape index (κ3) is 7.23. The molecule has 2 nitrogen and oxygen atoms in total. The number of rotatable bonds is 3. The molecule has 0 fully saturated rings. The Balaban J connectivity index is 1.49. The summed E-state index contributed by atoms with van der Waals surface area (Å²) < 4.78 is 9.60. The van der Waals surface area contributed by atoms with Crippen LogP contribution in [0, 0.1) is 0 Å². The van der Waals surface area contributed by atoms with Crippen molar-refractivity contribution in [3.8, 4) is 11.1 Å². The lowest BCUT2D eigenvalue weighted by atomic mass is 9.33. The van der Waals surface area contributed by atoms with Gasteiger partial charge in [0.25, 0.3) is 6.71 Å². The summed E-state index contributed by atoms with van der Waals surface area (Å²) in [6.45, 7) is 34.4. The van der Waals surface area contributed by atoms with Crippen LogP contribution in [-0.2, 0) is 27.1 Å². The van der Waals surface area contributed by atoms with Gasteiger partial charge in [-0.25, -0.2) is 0 Å². The lowest BCUT2D eigenvalue weighted by Gasteiger charge is -2.45. The number of anilines is 6. The maximum atomic E-state index is 9.60. The fourth-order valence-electron chi connectivity index (χ4n) is 9.02. The first-order valence-corrected chi connectivity index (χ1v) is 21.7. The van der Waals surface area contributed by atoms with Gasteiger partial charge in [0.2, 0.25) is 0 Å². The van der Waals surface area contributed by atoms with E-state index in [1.165, 1.54) is 66.7 Å². The van der Waals surface area contributed by atoms with Crippen molar-refractivity contribution < 1.29 is 1.37 Å². The predicted molar refractivity (Wildman–Crippen MR) is 259 cm³/mol. The Morgan fingerprint density at radius 1 is 0.373 bits per heavy atom. The number of hydrogen-bond acceptors (Lipinski definition) is 2. The molecule has 0 saturated carbocycles. The lowest BCUT2D eigenvalue weighted by Crippen LogP contribution is -2.61. The van der Waals surface area contributed by atoms with Crippen LogP contribution in [0.5, 0.6) is 0 Å². The van der Waals surface area contributed by atoms with E-state index in [2.05, 4.69) is 229 Å². The first kappa shape index (κ1) is 39.4. The van der Waals surface area contributed by atoms with Crippen molar-refractivity contribution in [3.63, 3.8) is 0 Å². The van der Waals surface area contributed by atoms with Crippen LogP contribution in [0.2, 0.25) is 0 Å². The molecule has 6 aromatic carbocycles. The summed E-state index contributed by atoms with van der Waals surface area (Å²) in [6.07, 6.45) is 0. The molecule has 0 aliphatic carbocycles. The molecule has 2 aliphatic rings. The average Bonchev–Trinajstić information content (AvgIpc) is 3.15. The van der Waals surface area contributed by atoms with Gasteiger partial charge in [-0.1, -0.05) is 183 Å². The van der Waals surface area contributed by atoms with Crippen molar-refractivity contribution >= 4 is 57.2 Å². The van der Waals surface area contributed by atoms with Gasteiger partial charge in [-0.05, 0) is 119 Å². The molecule has 3 heteroatoms. The van der Waals surface area contributed by atoms with E-state index < -0.39 is 0 Å². The molecule has 0 radical (unpaired) electrons. The van der Waals surface area contributed by atoms with Crippen molar-refractivity contribution in [1.82, 2.24) is 0 Å². The van der Waals surface area contributed by atoms with Gasteiger partial charge in [-0.2, -0.15) is 0 Å². The van der Waals surface area contributed by atoms with E-state index in [1.807, 2.05) is 0 Å². The predicted octanol–water partition coefficient (Wildman–Crippen LogP) is 13.9. The molecule has 0 spiro atoms. The van der Waals surface area contributed by atoms with E-state index in [-0.39, 0.29) is 33.8 Å². The van der Waals surface area contributed by atoms with Crippen LogP contribution >= 0.6 is 0 Å². The summed E-state index contributed by atoms with van der Waals surface area (Å²) >= 11 is 0. The van der Waals surface area contributed by atoms with Gasteiger partial charge in [-0.15, -0.1) is 0 Å². The zero-order valence-corrected chi connectivity index (χ0v) is 38.4. The molecule has 0 saturated heterocycles. The minimum atomic E-state index is -0.0766. The summed E-state index contributed by atoms with van der Waals surface area (Å²) in [7, 11) is 0. The maximum absolute atomic E-state index is 9.60. The second kappa shape index (κ2) is 13.8. The van der Waals surface area contributed by atoms with Crippen molar-refractivity contribution in [2.24, 2.45) is 0 Å². The van der Waals surface area contributed by atoms with E-state index in [0.29, 0.717) is 6.04 Å². The summed E-state index contributed by atoms with van der Waals surface area (Å²) in [5, 5.41) is 0. The first-order valence-electron chi connectivity index (χ1n) is 22.2. The van der Waals surface area contributed by atoms with Crippen molar-refractivity contribution in [2.45, 2.75) is 131 Å².